The van der Waals surface area contributed by atoms with E-state index in [1.807, 2.05) is 13.0 Å². The van der Waals surface area contributed by atoms with Crippen LogP contribution in [0.3, 0.4) is 0 Å². The molecule has 0 spiro atoms. The number of hydrogen-bond donors (Lipinski definition) is 3. The molecule has 32 heavy (non-hydrogen) atoms. The summed E-state index contributed by atoms with van der Waals surface area (Å²) in [5.74, 6) is -0.107. The predicted molar refractivity (Wildman–Crippen MR) is 125 cm³/mol. The highest BCUT2D eigenvalue weighted by atomic mass is 16.5. The van der Waals surface area contributed by atoms with Gasteiger partial charge in [-0.25, -0.2) is 0 Å². The molecule has 2 fully saturated rings. The fraction of sp³-hybridized carbons (Fsp3) is 0.609. The average molecular weight is 448 g/mol. The summed E-state index contributed by atoms with van der Waals surface area (Å²) >= 11 is 0. The average Bonchev–Trinajstić information content (AvgIpc) is 3.31. The molecule has 2 aliphatic heterocycles. The monoisotopic (exact) mass is 447 g/mol. The Labute approximate surface area is 190 Å². The number of benzene rings is 1. The Balaban J connectivity index is 0.000000258. The first-order valence-electron chi connectivity index (χ1n) is 11.3. The van der Waals surface area contributed by atoms with Crippen LogP contribution in [0, 0.1) is 6.92 Å². The Morgan fingerprint density at radius 2 is 2.06 bits per heavy atom. The molecule has 1 unspecified atom stereocenters. The van der Waals surface area contributed by atoms with Gasteiger partial charge in [0.2, 0.25) is 12.8 Å². The molecular weight excluding hydrogens is 410 g/mol. The van der Waals surface area contributed by atoms with Gasteiger partial charge in [-0.15, -0.1) is 0 Å². The molecule has 2 saturated heterocycles. The highest BCUT2D eigenvalue weighted by molar-refractivity contribution is 6.01. The standard InChI is InChI=1S/C15H20N2O3.C8H17N3O/c1-11-5-6-13(14(8-11)16-10-18)15(19)17(2)9-12-4-3-7-20-12;12-8-10-2-1-5-11-6-3-9-4-7-11/h5-6,8,10,12H,3-4,7,9H2,1-2H3,(H,16,18);8-9H,1-7H2,(H,10,12). The number of carbonyl (C=O) groups is 3. The van der Waals surface area contributed by atoms with Crippen molar-refractivity contribution < 1.29 is 19.1 Å². The first-order valence-corrected chi connectivity index (χ1v) is 11.3. The second-order valence-corrected chi connectivity index (χ2v) is 8.15. The molecule has 2 heterocycles. The van der Waals surface area contributed by atoms with E-state index in [0.717, 1.165) is 77.1 Å². The third-order valence-electron chi connectivity index (χ3n) is 5.56. The second-order valence-electron chi connectivity index (χ2n) is 8.15. The van der Waals surface area contributed by atoms with Crippen LogP contribution in [-0.2, 0) is 14.3 Å². The second kappa shape index (κ2) is 14.5. The lowest BCUT2D eigenvalue weighted by atomic mass is 10.1. The first-order chi connectivity index (χ1) is 15.5. The first kappa shape index (κ1) is 25.8. The lowest BCUT2D eigenvalue weighted by Gasteiger charge is -2.26. The maximum atomic E-state index is 12.5. The summed E-state index contributed by atoms with van der Waals surface area (Å²) < 4.78 is 5.54. The van der Waals surface area contributed by atoms with Crippen molar-refractivity contribution in [3.63, 3.8) is 0 Å². The van der Waals surface area contributed by atoms with Gasteiger partial charge in [0.15, 0.2) is 0 Å². The number of amides is 3. The third kappa shape index (κ3) is 8.94. The van der Waals surface area contributed by atoms with Gasteiger partial charge in [-0.2, -0.15) is 0 Å². The molecule has 3 N–H and O–H groups in total. The molecule has 1 aromatic carbocycles. The highest BCUT2D eigenvalue weighted by Crippen LogP contribution is 2.20. The summed E-state index contributed by atoms with van der Waals surface area (Å²) in [6, 6.07) is 5.40. The zero-order chi connectivity index (χ0) is 23.2. The van der Waals surface area contributed by atoms with Gasteiger partial charge in [0.05, 0.1) is 17.4 Å². The number of piperazine rings is 1. The van der Waals surface area contributed by atoms with Crippen molar-refractivity contribution in [2.24, 2.45) is 0 Å². The number of rotatable bonds is 10. The lowest BCUT2D eigenvalue weighted by molar-refractivity contribution is -0.109. The van der Waals surface area contributed by atoms with E-state index in [-0.39, 0.29) is 12.0 Å². The summed E-state index contributed by atoms with van der Waals surface area (Å²) in [5, 5.41) is 8.55. The minimum Gasteiger partial charge on any atom is -0.376 e. The Bertz CT molecular complexity index is 718. The van der Waals surface area contributed by atoms with Crippen molar-refractivity contribution in [1.82, 2.24) is 20.4 Å². The van der Waals surface area contributed by atoms with E-state index in [9.17, 15) is 14.4 Å². The van der Waals surface area contributed by atoms with Crippen molar-refractivity contribution in [2.45, 2.75) is 32.3 Å². The summed E-state index contributed by atoms with van der Waals surface area (Å²) in [5.41, 5.74) is 2.04. The number of anilines is 1. The number of carbonyl (C=O) groups excluding carboxylic acids is 3. The van der Waals surface area contributed by atoms with Crippen LogP contribution >= 0.6 is 0 Å². The van der Waals surface area contributed by atoms with Gasteiger partial charge >= 0.3 is 0 Å². The van der Waals surface area contributed by atoms with Crippen molar-refractivity contribution in [3.8, 4) is 0 Å². The molecule has 0 saturated carbocycles. The molecule has 9 nitrogen and oxygen atoms in total. The van der Waals surface area contributed by atoms with E-state index < -0.39 is 0 Å². The maximum Gasteiger partial charge on any atom is 0.255 e. The minimum absolute atomic E-state index is 0.107. The Morgan fingerprint density at radius 1 is 1.28 bits per heavy atom. The molecule has 0 aliphatic carbocycles. The van der Waals surface area contributed by atoms with E-state index in [1.54, 1.807) is 24.1 Å². The zero-order valence-corrected chi connectivity index (χ0v) is 19.3. The van der Waals surface area contributed by atoms with Crippen LogP contribution in [0.25, 0.3) is 0 Å². The Morgan fingerprint density at radius 3 is 2.72 bits per heavy atom. The van der Waals surface area contributed by atoms with E-state index >= 15 is 0 Å². The van der Waals surface area contributed by atoms with E-state index in [4.69, 9.17) is 4.74 Å². The minimum atomic E-state index is -0.107. The zero-order valence-electron chi connectivity index (χ0n) is 19.3. The Kier molecular flexibility index (Phi) is 11.7. The fourth-order valence-electron chi connectivity index (χ4n) is 3.81. The molecule has 3 rings (SSSR count). The van der Waals surface area contributed by atoms with Crippen LogP contribution in [0.4, 0.5) is 5.69 Å². The van der Waals surface area contributed by atoms with Gasteiger partial charge < -0.3 is 30.5 Å². The van der Waals surface area contributed by atoms with Crippen molar-refractivity contribution >= 4 is 24.4 Å². The number of hydrogen-bond acceptors (Lipinski definition) is 6. The van der Waals surface area contributed by atoms with Crippen LogP contribution in [0.15, 0.2) is 18.2 Å². The number of ether oxygens (including phenoxy) is 1. The fourth-order valence-corrected chi connectivity index (χ4v) is 3.81. The molecule has 0 radical (unpaired) electrons. The summed E-state index contributed by atoms with van der Waals surface area (Å²) in [6.45, 7) is 9.64. The topological polar surface area (TPSA) is 103 Å². The van der Waals surface area contributed by atoms with Gasteiger partial charge in [0.1, 0.15) is 0 Å². The van der Waals surface area contributed by atoms with E-state index in [1.165, 1.54) is 0 Å². The van der Waals surface area contributed by atoms with Crippen molar-refractivity contribution in [3.05, 3.63) is 29.3 Å². The van der Waals surface area contributed by atoms with Gasteiger partial charge in [-0.3, -0.25) is 14.4 Å². The molecule has 178 valence electrons. The van der Waals surface area contributed by atoms with Gasteiger partial charge in [-0.05, 0) is 50.4 Å². The van der Waals surface area contributed by atoms with Crippen molar-refractivity contribution in [2.75, 3.05) is 64.8 Å². The van der Waals surface area contributed by atoms with Crippen LogP contribution in [0.2, 0.25) is 0 Å². The molecule has 1 aromatic rings. The number of nitrogens with zero attached hydrogens (tertiary/aromatic N) is 2. The summed E-state index contributed by atoms with van der Waals surface area (Å²) in [4.78, 5) is 37.1. The van der Waals surface area contributed by atoms with Crippen LogP contribution < -0.4 is 16.0 Å². The van der Waals surface area contributed by atoms with Gasteiger partial charge in [-0.1, -0.05) is 6.07 Å². The van der Waals surface area contributed by atoms with Crippen LogP contribution in [-0.4, -0.2) is 94.1 Å². The van der Waals surface area contributed by atoms with Gasteiger partial charge in [0, 0.05) is 52.9 Å². The van der Waals surface area contributed by atoms with E-state index in [2.05, 4.69) is 20.9 Å². The predicted octanol–water partition coefficient (Wildman–Crippen LogP) is 0.842. The van der Waals surface area contributed by atoms with Crippen LogP contribution in [0.1, 0.15) is 35.2 Å². The Hall–Kier alpha value is -2.49. The van der Waals surface area contributed by atoms with E-state index in [0.29, 0.717) is 24.2 Å². The summed E-state index contributed by atoms with van der Waals surface area (Å²) in [6.07, 6.45) is 4.57. The molecule has 0 bridgehead atoms. The molecule has 2 aliphatic rings. The van der Waals surface area contributed by atoms with Gasteiger partial charge in [0.25, 0.3) is 5.91 Å². The highest BCUT2D eigenvalue weighted by Gasteiger charge is 2.22. The third-order valence-corrected chi connectivity index (χ3v) is 5.56. The largest absolute Gasteiger partial charge is 0.376 e. The quantitative estimate of drug-likeness (QED) is 0.363. The molecule has 0 aromatic heterocycles. The number of aryl methyl sites for hydroxylation is 1. The number of nitrogens with one attached hydrogen (secondary N) is 3. The van der Waals surface area contributed by atoms with Crippen molar-refractivity contribution in [1.29, 1.82) is 0 Å². The number of likely N-dealkylation sites (N-methyl/N-ethyl adjacent to an activating group) is 1. The lowest BCUT2D eigenvalue weighted by Crippen LogP contribution is -2.44. The van der Waals surface area contributed by atoms with Crippen LogP contribution in [0.5, 0.6) is 0 Å². The SMILES string of the molecule is Cc1ccc(C(=O)N(C)CC2CCCO2)c(NC=O)c1.O=CNCCCN1CCNCC1. The summed E-state index contributed by atoms with van der Waals surface area (Å²) in [7, 11) is 1.76. The molecule has 9 heteroatoms. The normalized spacial score (nSPS) is 18.2. The molecule has 1 atom stereocenters. The maximum absolute atomic E-state index is 12.5. The molecule has 3 amide bonds. The molecular formula is C23H37N5O4. The smallest absolute Gasteiger partial charge is 0.255 e.